The summed E-state index contributed by atoms with van der Waals surface area (Å²) >= 11 is 0. The number of ether oxygens (including phenoxy) is 2. The first kappa shape index (κ1) is 21.0. The molecule has 3 atom stereocenters. The Balaban J connectivity index is 1.80. The summed E-state index contributed by atoms with van der Waals surface area (Å²) < 4.78 is 27.0. The van der Waals surface area contributed by atoms with Crippen molar-refractivity contribution in [1.29, 1.82) is 0 Å². The third-order valence-electron chi connectivity index (χ3n) is 5.29. The highest BCUT2D eigenvalue weighted by molar-refractivity contribution is 5.81. The first-order chi connectivity index (χ1) is 13.9. The Kier molecular flexibility index (Phi) is 6.33. The molecule has 0 radical (unpaired) electrons. The van der Waals surface area contributed by atoms with Crippen LogP contribution in [0.15, 0.2) is 6.33 Å². The summed E-state index contributed by atoms with van der Waals surface area (Å²) in [5.41, 5.74) is 5.13. The van der Waals surface area contributed by atoms with Crippen LogP contribution in [-0.2, 0) is 14.3 Å². The van der Waals surface area contributed by atoms with E-state index in [1.54, 1.807) is 4.57 Å². The van der Waals surface area contributed by atoms with Crippen LogP contribution in [0.25, 0.3) is 11.2 Å². The number of nitrogen functional groups attached to an aromatic ring is 1. The minimum absolute atomic E-state index is 0.0574. The van der Waals surface area contributed by atoms with Crippen molar-refractivity contribution in [2.24, 2.45) is 0 Å². The van der Waals surface area contributed by atoms with Gasteiger partial charge in [0.1, 0.15) is 12.3 Å². The first-order valence-electron chi connectivity index (χ1n) is 9.94. The lowest BCUT2D eigenvalue weighted by Gasteiger charge is -2.27. The number of aromatic nitrogens is 4. The number of fused-ring (bicyclic) bond motifs is 1. The molecule has 0 unspecified atom stereocenters. The molecule has 1 saturated heterocycles. The zero-order valence-electron chi connectivity index (χ0n) is 16.7. The molecule has 3 rings (SSSR count). The van der Waals surface area contributed by atoms with E-state index in [1.807, 2.05) is 6.92 Å². The normalized spacial score (nSPS) is 23.9. The van der Waals surface area contributed by atoms with Gasteiger partial charge in [-0.1, -0.05) is 39.0 Å². The number of terminal acetylenes is 1. The van der Waals surface area contributed by atoms with E-state index < -0.39 is 24.0 Å². The van der Waals surface area contributed by atoms with E-state index in [0.717, 1.165) is 25.7 Å². The molecule has 0 saturated carbocycles. The second-order valence-electron chi connectivity index (χ2n) is 7.19. The fourth-order valence-electron chi connectivity index (χ4n) is 3.63. The van der Waals surface area contributed by atoms with E-state index in [2.05, 4.69) is 27.8 Å². The molecule has 29 heavy (non-hydrogen) atoms. The number of hydrogen-bond acceptors (Lipinski definition) is 7. The zero-order chi connectivity index (χ0) is 21.0. The number of halogens is 1. The molecule has 9 heteroatoms. The lowest BCUT2D eigenvalue weighted by Crippen LogP contribution is -2.40. The third kappa shape index (κ3) is 4.17. The summed E-state index contributed by atoms with van der Waals surface area (Å²) in [6.45, 7) is 3.98. The second-order valence-corrected chi connectivity index (χ2v) is 7.19. The van der Waals surface area contributed by atoms with Crippen molar-refractivity contribution in [2.45, 2.75) is 76.7 Å². The predicted molar refractivity (Wildman–Crippen MR) is 105 cm³/mol. The predicted octanol–water partition coefficient (Wildman–Crippen LogP) is 3.13. The molecular formula is C20H26FN5O3. The standard InChI is InChI=1S/C20H26FN5O3/c1-4-7-8-9-10-15(27)28-13-11-14(29-20(13,5-2)6-3)26-12-23-16-17(22)24-19(21)25-18(16)26/h2,12-14H,4,6-11H2,1,3H3,(H2,22,24,25)/t13-,14+,20+/m0/s1. The summed E-state index contributed by atoms with van der Waals surface area (Å²) in [6, 6.07) is 0. The second kappa shape index (κ2) is 8.74. The minimum atomic E-state index is -1.07. The lowest BCUT2D eigenvalue weighted by molar-refractivity contribution is -0.156. The molecule has 0 spiro atoms. The first-order valence-corrected chi connectivity index (χ1v) is 9.94. The van der Waals surface area contributed by atoms with Crippen molar-refractivity contribution >= 4 is 23.0 Å². The van der Waals surface area contributed by atoms with Crippen LogP contribution >= 0.6 is 0 Å². The topological polar surface area (TPSA) is 105 Å². The van der Waals surface area contributed by atoms with Gasteiger partial charge in [-0.15, -0.1) is 6.42 Å². The van der Waals surface area contributed by atoms with Gasteiger partial charge in [0.2, 0.25) is 0 Å². The van der Waals surface area contributed by atoms with Crippen LogP contribution in [0.2, 0.25) is 0 Å². The molecule has 0 aliphatic carbocycles. The summed E-state index contributed by atoms with van der Waals surface area (Å²) in [7, 11) is 0. The number of anilines is 1. The maximum atomic E-state index is 13.7. The average molecular weight is 403 g/mol. The molecule has 0 aromatic carbocycles. The van der Waals surface area contributed by atoms with Crippen LogP contribution < -0.4 is 5.73 Å². The van der Waals surface area contributed by atoms with Crippen molar-refractivity contribution in [3.63, 3.8) is 0 Å². The Labute approximate surface area is 169 Å². The van der Waals surface area contributed by atoms with Crippen molar-refractivity contribution in [2.75, 3.05) is 5.73 Å². The smallest absolute Gasteiger partial charge is 0.312 e. The number of carbonyl (C=O) groups excluding carboxylic acids is 1. The van der Waals surface area contributed by atoms with Crippen LogP contribution in [0.5, 0.6) is 0 Å². The Morgan fingerprint density at radius 3 is 2.93 bits per heavy atom. The zero-order valence-corrected chi connectivity index (χ0v) is 16.7. The summed E-state index contributed by atoms with van der Waals surface area (Å²) in [4.78, 5) is 23.7. The van der Waals surface area contributed by atoms with Gasteiger partial charge in [0.05, 0.1) is 6.33 Å². The van der Waals surface area contributed by atoms with Crippen LogP contribution in [0.3, 0.4) is 0 Å². The average Bonchev–Trinajstić information content (AvgIpc) is 3.27. The SMILES string of the molecule is C#C[C@]1(CC)O[C@@H](n2cnc3c(N)nc(F)nc32)C[C@@H]1OC(=O)CCCCCC. The Morgan fingerprint density at radius 1 is 1.45 bits per heavy atom. The molecule has 2 aromatic heterocycles. The number of carbonyl (C=O) groups is 1. The van der Waals surface area contributed by atoms with E-state index in [0.29, 0.717) is 19.3 Å². The molecule has 1 aliphatic rings. The molecule has 0 bridgehead atoms. The summed E-state index contributed by atoms with van der Waals surface area (Å²) in [5.74, 6) is 2.30. The Morgan fingerprint density at radius 2 is 2.24 bits per heavy atom. The fourth-order valence-corrected chi connectivity index (χ4v) is 3.63. The molecular weight excluding hydrogens is 377 g/mol. The van der Waals surface area contributed by atoms with Gasteiger partial charge in [-0.25, -0.2) is 4.98 Å². The van der Waals surface area contributed by atoms with Crippen LogP contribution in [-0.4, -0.2) is 37.2 Å². The van der Waals surface area contributed by atoms with Gasteiger partial charge in [0.25, 0.3) is 0 Å². The molecule has 0 amide bonds. The highest BCUT2D eigenvalue weighted by Gasteiger charge is 2.50. The van der Waals surface area contributed by atoms with Crippen LogP contribution in [0.4, 0.5) is 10.2 Å². The minimum Gasteiger partial charge on any atom is -0.458 e. The maximum absolute atomic E-state index is 13.7. The monoisotopic (exact) mass is 403 g/mol. The highest BCUT2D eigenvalue weighted by atomic mass is 19.1. The quantitative estimate of drug-likeness (QED) is 0.312. The molecule has 8 nitrogen and oxygen atoms in total. The highest BCUT2D eigenvalue weighted by Crippen LogP contribution is 2.41. The van der Waals surface area contributed by atoms with Crippen molar-refractivity contribution in [3.05, 3.63) is 12.4 Å². The number of hydrogen-bond donors (Lipinski definition) is 1. The summed E-state index contributed by atoms with van der Waals surface area (Å²) in [6.07, 6.45) is 10.0. The molecule has 2 N–H and O–H groups in total. The fraction of sp³-hybridized carbons (Fsp3) is 0.600. The number of unbranched alkanes of at least 4 members (excludes halogenated alkanes) is 3. The van der Waals surface area contributed by atoms with Gasteiger partial charge in [-0.3, -0.25) is 9.36 Å². The van der Waals surface area contributed by atoms with Crippen molar-refractivity contribution in [3.8, 4) is 12.3 Å². The van der Waals surface area contributed by atoms with Gasteiger partial charge in [0.15, 0.2) is 22.6 Å². The van der Waals surface area contributed by atoms with E-state index in [-0.39, 0.29) is 23.0 Å². The van der Waals surface area contributed by atoms with Gasteiger partial charge < -0.3 is 15.2 Å². The molecule has 1 fully saturated rings. The number of nitrogens with zero attached hydrogens (tertiary/aromatic N) is 4. The van der Waals surface area contributed by atoms with Crippen LogP contribution in [0, 0.1) is 18.4 Å². The third-order valence-corrected chi connectivity index (χ3v) is 5.29. The molecule has 1 aliphatic heterocycles. The maximum Gasteiger partial charge on any atom is 0.312 e. The van der Waals surface area contributed by atoms with E-state index in [4.69, 9.17) is 21.6 Å². The molecule has 3 heterocycles. The number of imidazole rings is 1. The van der Waals surface area contributed by atoms with Crippen LogP contribution in [0.1, 0.15) is 65.0 Å². The number of esters is 1. The number of rotatable bonds is 8. The van der Waals surface area contributed by atoms with E-state index in [9.17, 15) is 9.18 Å². The van der Waals surface area contributed by atoms with E-state index >= 15 is 0 Å². The van der Waals surface area contributed by atoms with Gasteiger partial charge >= 0.3 is 12.0 Å². The number of nitrogens with two attached hydrogens (primary N) is 1. The largest absolute Gasteiger partial charge is 0.458 e. The van der Waals surface area contributed by atoms with Crippen molar-refractivity contribution in [1.82, 2.24) is 19.5 Å². The molecule has 2 aromatic rings. The van der Waals surface area contributed by atoms with Gasteiger partial charge in [0, 0.05) is 12.8 Å². The molecule has 156 valence electrons. The van der Waals surface area contributed by atoms with Gasteiger partial charge in [-0.2, -0.15) is 14.4 Å². The lowest BCUT2D eigenvalue weighted by atomic mass is 9.94. The van der Waals surface area contributed by atoms with Crippen molar-refractivity contribution < 1.29 is 18.7 Å². The van der Waals surface area contributed by atoms with E-state index in [1.165, 1.54) is 6.33 Å². The van der Waals surface area contributed by atoms with Gasteiger partial charge in [-0.05, 0) is 12.8 Å². The Bertz CT molecular complexity index is 925. The summed E-state index contributed by atoms with van der Waals surface area (Å²) in [5, 5.41) is 0. The Hall–Kier alpha value is -2.73.